The third-order valence-corrected chi connectivity index (χ3v) is 0.890. The standard InChI is InChI=1S/C5H13N3/c1-7-4-5(3-6)8-2/h3,7-8H,4,6H2,1-2H3/b5-3-. The van der Waals surface area contributed by atoms with E-state index >= 15 is 0 Å². The van der Waals surface area contributed by atoms with Crippen LogP contribution in [0.25, 0.3) is 0 Å². The molecule has 0 heterocycles. The zero-order valence-electron chi connectivity index (χ0n) is 5.36. The lowest BCUT2D eigenvalue weighted by Crippen LogP contribution is -2.20. The molecule has 8 heavy (non-hydrogen) atoms. The van der Waals surface area contributed by atoms with Gasteiger partial charge in [0.15, 0.2) is 0 Å². The van der Waals surface area contributed by atoms with Crippen LogP contribution in [0.4, 0.5) is 0 Å². The van der Waals surface area contributed by atoms with Crippen molar-refractivity contribution in [3.63, 3.8) is 0 Å². The van der Waals surface area contributed by atoms with Crippen LogP contribution in [0.3, 0.4) is 0 Å². The summed E-state index contributed by atoms with van der Waals surface area (Å²) in [5.41, 5.74) is 6.21. The number of nitrogens with one attached hydrogen (secondary N) is 2. The number of hydrogen-bond donors (Lipinski definition) is 3. The molecule has 0 rings (SSSR count). The Bertz CT molecular complexity index is 77.7. The van der Waals surface area contributed by atoms with Gasteiger partial charge in [0.1, 0.15) is 0 Å². The van der Waals surface area contributed by atoms with E-state index in [1.165, 1.54) is 0 Å². The zero-order chi connectivity index (χ0) is 6.41. The van der Waals surface area contributed by atoms with E-state index in [9.17, 15) is 0 Å². The van der Waals surface area contributed by atoms with E-state index in [0.717, 1.165) is 12.2 Å². The van der Waals surface area contributed by atoms with Crippen molar-refractivity contribution in [2.75, 3.05) is 20.6 Å². The molecule has 0 saturated carbocycles. The molecule has 0 aliphatic carbocycles. The SMILES string of the molecule is CNC/C(=C/N)NC. The van der Waals surface area contributed by atoms with Gasteiger partial charge in [-0.2, -0.15) is 0 Å². The fourth-order valence-electron chi connectivity index (χ4n) is 0.421. The van der Waals surface area contributed by atoms with Crippen LogP contribution >= 0.6 is 0 Å². The Labute approximate surface area is 49.9 Å². The third kappa shape index (κ3) is 2.47. The maximum absolute atomic E-state index is 5.20. The van der Waals surface area contributed by atoms with Gasteiger partial charge < -0.3 is 16.4 Å². The molecule has 0 aromatic heterocycles. The number of likely N-dealkylation sites (N-methyl/N-ethyl adjacent to an activating group) is 2. The lowest BCUT2D eigenvalue weighted by molar-refractivity contribution is 0.807. The molecule has 0 spiro atoms. The van der Waals surface area contributed by atoms with E-state index in [1.807, 2.05) is 14.1 Å². The predicted octanol–water partition coefficient (Wildman–Crippen LogP) is -0.775. The van der Waals surface area contributed by atoms with Gasteiger partial charge >= 0.3 is 0 Å². The smallest absolute Gasteiger partial charge is 0.0402 e. The highest BCUT2D eigenvalue weighted by molar-refractivity contribution is 4.97. The summed E-state index contributed by atoms with van der Waals surface area (Å²) in [6.07, 6.45) is 1.55. The van der Waals surface area contributed by atoms with E-state index in [2.05, 4.69) is 10.6 Å². The minimum absolute atomic E-state index is 0.799. The molecule has 0 bridgehead atoms. The molecular formula is C5H13N3. The first-order chi connectivity index (χ1) is 3.85. The maximum Gasteiger partial charge on any atom is 0.0402 e. The lowest BCUT2D eigenvalue weighted by atomic mass is 10.5. The van der Waals surface area contributed by atoms with Gasteiger partial charge in [-0.25, -0.2) is 0 Å². The molecule has 0 amide bonds. The van der Waals surface area contributed by atoms with E-state index in [1.54, 1.807) is 6.20 Å². The van der Waals surface area contributed by atoms with Gasteiger partial charge in [0.05, 0.1) is 0 Å². The van der Waals surface area contributed by atoms with Gasteiger partial charge in [-0.15, -0.1) is 0 Å². The Morgan fingerprint density at radius 3 is 2.38 bits per heavy atom. The highest BCUT2D eigenvalue weighted by atomic mass is 14.9. The number of nitrogens with two attached hydrogens (primary N) is 1. The number of hydrogen-bond acceptors (Lipinski definition) is 3. The molecule has 0 aromatic carbocycles. The summed E-state index contributed by atoms with van der Waals surface area (Å²) in [6, 6.07) is 0. The quantitative estimate of drug-likeness (QED) is 0.452. The summed E-state index contributed by atoms with van der Waals surface area (Å²) in [4.78, 5) is 0. The molecule has 3 nitrogen and oxygen atoms in total. The van der Waals surface area contributed by atoms with Crippen molar-refractivity contribution in [1.82, 2.24) is 10.6 Å². The van der Waals surface area contributed by atoms with Crippen molar-refractivity contribution in [2.24, 2.45) is 5.73 Å². The van der Waals surface area contributed by atoms with Gasteiger partial charge in [0.2, 0.25) is 0 Å². The second-order valence-electron chi connectivity index (χ2n) is 1.47. The van der Waals surface area contributed by atoms with Crippen molar-refractivity contribution >= 4 is 0 Å². The fourth-order valence-corrected chi connectivity index (χ4v) is 0.421. The Hall–Kier alpha value is -0.700. The molecule has 0 aromatic rings. The largest absolute Gasteiger partial charge is 0.403 e. The Morgan fingerprint density at radius 1 is 1.62 bits per heavy atom. The molecule has 0 unspecified atom stereocenters. The highest BCUT2D eigenvalue weighted by Gasteiger charge is 1.84. The van der Waals surface area contributed by atoms with Gasteiger partial charge in [-0.05, 0) is 7.05 Å². The molecule has 0 radical (unpaired) electrons. The molecule has 0 aliphatic heterocycles. The minimum atomic E-state index is 0.799. The summed E-state index contributed by atoms with van der Waals surface area (Å²) in [5, 5.41) is 5.89. The first kappa shape index (κ1) is 7.30. The van der Waals surface area contributed by atoms with E-state index in [4.69, 9.17) is 5.73 Å². The molecule has 0 atom stereocenters. The maximum atomic E-state index is 5.20. The van der Waals surface area contributed by atoms with Gasteiger partial charge in [0, 0.05) is 25.5 Å². The van der Waals surface area contributed by atoms with E-state index in [0.29, 0.717) is 0 Å². The first-order valence-electron chi connectivity index (χ1n) is 2.58. The topological polar surface area (TPSA) is 50.1 Å². The molecule has 0 fully saturated rings. The average Bonchev–Trinajstić information content (AvgIpc) is 1.83. The van der Waals surface area contributed by atoms with Crippen LogP contribution in [-0.2, 0) is 0 Å². The monoisotopic (exact) mass is 115 g/mol. The minimum Gasteiger partial charge on any atom is -0.403 e. The Kier molecular flexibility index (Phi) is 4.07. The van der Waals surface area contributed by atoms with E-state index in [-0.39, 0.29) is 0 Å². The van der Waals surface area contributed by atoms with Crippen molar-refractivity contribution < 1.29 is 0 Å². The summed E-state index contributed by atoms with van der Waals surface area (Å²) in [6.45, 7) is 0.799. The Morgan fingerprint density at radius 2 is 2.25 bits per heavy atom. The van der Waals surface area contributed by atoms with Gasteiger partial charge in [-0.3, -0.25) is 0 Å². The lowest BCUT2D eigenvalue weighted by Gasteiger charge is -2.02. The summed E-state index contributed by atoms with van der Waals surface area (Å²) in [7, 11) is 3.72. The average molecular weight is 115 g/mol. The normalized spacial score (nSPS) is 11.5. The fraction of sp³-hybridized carbons (Fsp3) is 0.600. The second-order valence-corrected chi connectivity index (χ2v) is 1.47. The van der Waals surface area contributed by atoms with Gasteiger partial charge in [0.25, 0.3) is 0 Å². The number of rotatable bonds is 3. The third-order valence-electron chi connectivity index (χ3n) is 0.890. The van der Waals surface area contributed by atoms with Crippen molar-refractivity contribution in [3.8, 4) is 0 Å². The van der Waals surface area contributed by atoms with Crippen molar-refractivity contribution in [1.29, 1.82) is 0 Å². The van der Waals surface area contributed by atoms with Crippen LogP contribution in [0.2, 0.25) is 0 Å². The molecule has 0 saturated heterocycles. The Balaban J connectivity index is 3.38. The summed E-state index contributed by atoms with van der Waals surface area (Å²) in [5.74, 6) is 0. The van der Waals surface area contributed by atoms with Gasteiger partial charge in [-0.1, -0.05) is 0 Å². The summed E-state index contributed by atoms with van der Waals surface area (Å²) >= 11 is 0. The first-order valence-corrected chi connectivity index (χ1v) is 2.58. The predicted molar refractivity (Wildman–Crippen MR) is 35.3 cm³/mol. The van der Waals surface area contributed by atoms with Crippen LogP contribution in [0, 0.1) is 0 Å². The van der Waals surface area contributed by atoms with Crippen molar-refractivity contribution in [2.45, 2.75) is 0 Å². The van der Waals surface area contributed by atoms with Crippen LogP contribution in [0.5, 0.6) is 0 Å². The van der Waals surface area contributed by atoms with Crippen LogP contribution in [-0.4, -0.2) is 20.6 Å². The summed E-state index contributed by atoms with van der Waals surface area (Å²) < 4.78 is 0. The van der Waals surface area contributed by atoms with Crippen LogP contribution < -0.4 is 16.4 Å². The molecule has 48 valence electrons. The molecule has 0 aliphatic rings. The highest BCUT2D eigenvalue weighted by Crippen LogP contribution is 1.76. The zero-order valence-corrected chi connectivity index (χ0v) is 5.36. The molecular weight excluding hydrogens is 102 g/mol. The van der Waals surface area contributed by atoms with Crippen LogP contribution in [0.15, 0.2) is 11.9 Å². The van der Waals surface area contributed by atoms with Crippen molar-refractivity contribution in [3.05, 3.63) is 11.9 Å². The molecule has 4 N–H and O–H groups in total. The van der Waals surface area contributed by atoms with Crippen LogP contribution in [0.1, 0.15) is 0 Å². The van der Waals surface area contributed by atoms with E-state index < -0.39 is 0 Å². The second kappa shape index (κ2) is 4.46. The molecule has 3 heteroatoms.